The average molecular weight is 562 g/mol. The molecule has 0 radical (unpaired) electrons. The molecule has 0 bridgehead atoms. The third-order valence-corrected chi connectivity index (χ3v) is 6.85. The van der Waals surface area contributed by atoms with Crippen LogP contribution in [-0.4, -0.2) is 16.2 Å². The van der Waals surface area contributed by atoms with Gasteiger partial charge in [0.05, 0.1) is 12.1 Å². The molecule has 5 aromatic carbocycles. The van der Waals surface area contributed by atoms with E-state index >= 15 is 0 Å². The van der Waals surface area contributed by atoms with Gasteiger partial charge < -0.3 is 25.8 Å². The van der Waals surface area contributed by atoms with Crippen LogP contribution >= 0.6 is 0 Å². The summed E-state index contributed by atoms with van der Waals surface area (Å²) in [5.74, 6) is -1.14. The normalized spacial score (nSPS) is 12.4. The molecule has 3 atom stereocenters. The van der Waals surface area contributed by atoms with E-state index in [9.17, 15) is 20.1 Å². The second kappa shape index (κ2) is 16.7. The molecule has 0 unspecified atom stereocenters. The van der Waals surface area contributed by atoms with Gasteiger partial charge in [-0.15, -0.1) is 0 Å². The third-order valence-electron chi connectivity index (χ3n) is 6.85. The maximum Gasteiger partial charge on any atom is 0.140 e. The van der Waals surface area contributed by atoms with Crippen molar-refractivity contribution in [2.45, 2.75) is 38.5 Å². The molecule has 0 aromatic heterocycles. The van der Waals surface area contributed by atoms with E-state index in [4.69, 9.17) is 0 Å². The van der Waals surface area contributed by atoms with Gasteiger partial charge in [0, 0.05) is 5.56 Å². The van der Waals surface area contributed by atoms with Gasteiger partial charge in [-0.1, -0.05) is 146 Å². The first-order valence-electron chi connectivity index (χ1n) is 14.0. The lowest BCUT2D eigenvalue weighted by Gasteiger charge is -2.16. The molecule has 42 heavy (non-hydrogen) atoms. The van der Waals surface area contributed by atoms with Gasteiger partial charge in [-0.2, -0.15) is 0 Å². The molecular weight excluding hydrogens is 522 g/mol. The van der Waals surface area contributed by atoms with Gasteiger partial charge in [-0.25, -0.2) is 0 Å². The number of rotatable bonds is 7. The zero-order valence-corrected chi connectivity index (χ0v) is 24.1. The number of quaternary nitrogens is 1. The van der Waals surface area contributed by atoms with Crippen molar-refractivity contribution in [3.05, 3.63) is 167 Å². The van der Waals surface area contributed by atoms with E-state index in [1.54, 1.807) is 31.2 Å². The summed E-state index contributed by atoms with van der Waals surface area (Å²) in [4.78, 5) is 10.5. The minimum atomic E-state index is -1.14. The van der Waals surface area contributed by atoms with Crippen molar-refractivity contribution >= 4 is 5.97 Å². The van der Waals surface area contributed by atoms with Crippen LogP contribution in [0.3, 0.4) is 0 Å². The fourth-order valence-corrected chi connectivity index (χ4v) is 4.23. The summed E-state index contributed by atoms with van der Waals surface area (Å²) >= 11 is 0. The highest BCUT2D eigenvalue weighted by molar-refractivity contribution is 5.86. The summed E-state index contributed by atoms with van der Waals surface area (Å²) in [7, 11) is 0. The highest BCUT2D eigenvalue weighted by Gasteiger charge is 2.21. The molecule has 0 spiro atoms. The Bertz CT molecular complexity index is 1410. The summed E-state index contributed by atoms with van der Waals surface area (Å²) in [5, 5.41) is 29.9. The van der Waals surface area contributed by atoms with Crippen molar-refractivity contribution in [2.24, 2.45) is 0 Å². The highest BCUT2D eigenvalue weighted by Crippen LogP contribution is 2.24. The fourth-order valence-electron chi connectivity index (χ4n) is 4.23. The fraction of sp³-hybridized carbons (Fsp3) is 0.162. The zero-order chi connectivity index (χ0) is 30.3. The number of carboxylic acid groups (broad SMARTS) is 1. The second-order valence-electron chi connectivity index (χ2n) is 9.87. The number of carbonyl (C=O) groups is 1. The largest absolute Gasteiger partial charge is 0.545 e. The summed E-state index contributed by atoms with van der Waals surface area (Å²) < 4.78 is 0. The molecule has 0 amide bonds. The van der Waals surface area contributed by atoms with Crippen LogP contribution in [0.4, 0.5) is 0 Å². The minimum absolute atomic E-state index is 0.136. The lowest BCUT2D eigenvalue weighted by atomic mass is 9.97. The first kappa shape index (κ1) is 32.0. The van der Waals surface area contributed by atoms with Crippen molar-refractivity contribution in [3.63, 3.8) is 0 Å². The average Bonchev–Trinajstić information content (AvgIpc) is 3.06. The predicted molar refractivity (Wildman–Crippen MR) is 166 cm³/mol. The maximum absolute atomic E-state index is 10.5. The Labute approximate surface area is 248 Å². The number of hydrogen-bond acceptors (Lipinski definition) is 4. The standard InChI is InChI=1S/C14H15NO.C13H10O2.C10H14O/c15-13(11-7-3-1-4-8-11)14(16)12-9-5-2-6-10-12;14-13(15)12-8-6-11(7-9-12)10-4-2-1-3-5-10;1-3-9-4-6-10(7-5-9)8(2)11/h1-10,13-14,16H,15H2;1-9H,(H,14,15);4-8,11H,3H2,1-2H3/t13-,14+;;8-/m0.1/s1. The monoisotopic (exact) mass is 561 g/mol. The molecule has 5 aromatic rings. The smallest absolute Gasteiger partial charge is 0.140 e. The van der Waals surface area contributed by atoms with E-state index in [1.165, 1.54) is 5.56 Å². The number of hydrogen-bond donors (Lipinski definition) is 3. The van der Waals surface area contributed by atoms with Crippen molar-refractivity contribution < 1.29 is 25.8 Å². The summed E-state index contributed by atoms with van der Waals surface area (Å²) in [6.07, 6.45) is 0.157. The maximum atomic E-state index is 10.5. The lowest BCUT2D eigenvalue weighted by molar-refractivity contribution is -0.446. The van der Waals surface area contributed by atoms with Crippen molar-refractivity contribution in [1.82, 2.24) is 0 Å². The van der Waals surface area contributed by atoms with Gasteiger partial charge in [-0.05, 0) is 46.7 Å². The molecule has 5 rings (SSSR count). The first-order valence-corrected chi connectivity index (χ1v) is 14.0. The van der Waals surface area contributed by atoms with E-state index in [1.807, 2.05) is 103 Å². The highest BCUT2D eigenvalue weighted by atomic mass is 16.4. The van der Waals surface area contributed by atoms with Crippen molar-refractivity contribution in [1.29, 1.82) is 0 Å². The van der Waals surface area contributed by atoms with Crippen LogP contribution in [0.25, 0.3) is 11.1 Å². The third kappa shape index (κ3) is 9.82. The van der Waals surface area contributed by atoms with Gasteiger partial charge in [0.1, 0.15) is 12.1 Å². The number of aliphatic hydroxyl groups is 2. The van der Waals surface area contributed by atoms with Gasteiger partial charge in [-0.3, -0.25) is 0 Å². The summed E-state index contributed by atoms with van der Waals surface area (Å²) in [6.45, 7) is 3.90. The van der Waals surface area contributed by atoms with E-state index < -0.39 is 12.1 Å². The van der Waals surface area contributed by atoms with Gasteiger partial charge >= 0.3 is 0 Å². The Kier molecular flexibility index (Phi) is 12.7. The molecule has 0 fully saturated rings. The SMILES string of the molecule is CCc1ccc([C@@H](C)O)cc1.O=C([O-])c1ccc(-c2ccccc2)cc1.[NH3+][C@@H](c1ccccc1)[C@H](O)c1ccccc1. The Balaban J connectivity index is 0.000000176. The molecule has 5 nitrogen and oxygen atoms in total. The van der Waals surface area contributed by atoms with Crippen molar-refractivity contribution in [3.8, 4) is 11.1 Å². The Morgan fingerprint density at radius 2 is 1.10 bits per heavy atom. The van der Waals surface area contributed by atoms with Crippen LogP contribution in [0.1, 0.15) is 64.7 Å². The van der Waals surface area contributed by atoms with Crippen LogP contribution < -0.4 is 10.8 Å². The van der Waals surface area contributed by atoms with Crippen LogP contribution in [0, 0.1) is 0 Å². The minimum Gasteiger partial charge on any atom is -0.545 e. The zero-order valence-electron chi connectivity index (χ0n) is 24.1. The number of carbonyl (C=O) groups excluding carboxylic acids is 1. The van der Waals surface area contributed by atoms with E-state index in [-0.39, 0.29) is 17.7 Å². The number of aliphatic hydroxyl groups excluding tert-OH is 2. The van der Waals surface area contributed by atoms with Crippen LogP contribution in [0.15, 0.2) is 140 Å². The molecule has 0 aliphatic heterocycles. The second-order valence-corrected chi connectivity index (χ2v) is 9.87. The van der Waals surface area contributed by atoms with E-state index in [2.05, 4.69) is 24.8 Å². The number of aromatic carboxylic acids is 1. The van der Waals surface area contributed by atoms with Crippen LogP contribution in [-0.2, 0) is 6.42 Å². The molecule has 5 heteroatoms. The molecule has 216 valence electrons. The molecule has 0 aliphatic carbocycles. The van der Waals surface area contributed by atoms with Crippen molar-refractivity contribution in [2.75, 3.05) is 0 Å². The first-order chi connectivity index (χ1) is 20.3. The van der Waals surface area contributed by atoms with E-state index in [0.717, 1.165) is 34.2 Å². The number of benzene rings is 5. The molecule has 0 aliphatic rings. The van der Waals surface area contributed by atoms with Gasteiger partial charge in [0.15, 0.2) is 0 Å². The Morgan fingerprint density at radius 1 is 0.643 bits per heavy atom. The molecule has 0 heterocycles. The van der Waals surface area contributed by atoms with Crippen LogP contribution in [0.2, 0.25) is 0 Å². The predicted octanol–water partition coefficient (Wildman–Crippen LogP) is 5.72. The quantitative estimate of drug-likeness (QED) is 0.236. The molecule has 0 saturated carbocycles. The van der Waals surface area contributed by atoms with Gasteiger partial charge in [0.2, 0.25) is 0 Å². The topological polar surface area (TPSA) is 108 Å². The Hall–Kier alpha value is -4.55. The Morgan fingerprint density at radius 3 is 1.55 bits per heavy atom. The summed E-state index contributed by atoms with van der Waals surface area (Å²) in [5.41, 5.74) is 10.6. The van der Waals surface area contributed by atoms with Gasteiger partial charge in [0.25, 0.3) is 0 Å². The van der Waals surface area contributed by atoms with E-state index in [0.29, 0.717) is 0 Å². The molecule has 5 N–H and O–H groups in total. The summed E-state index contributed by atoms with van der Waals surface area (Å²) in [6, 6.07) is 43.9. The van der Waals surface area contributed by atoms with Crippen LogP contribution in [0.5, 0.6) is 0 Å². The lowest BCUT2D eigenvalue weighted by Crippen LogP contribution is -2.56. The molecule has 0 saturated heterocycles. The number of carboxylic acids is 1. The number of aryl methyl sites for hydroxylation is 1. The molecular formula is C37H39NO4.